The molecule has 1 aromatic carbocycles. The molecule has 1 aliphatic rings. The largest absolute Gasteiger partial charge is 0.377 e. The van der Waals surface area contributed by atoms with Gasteiger partial charge in [-0.2, -0.15) is 0 Å². The van der Waals surface area contributed by atoms with Gasteiger partial charge in [0.05, 0.1) is 0 Å². The Bertz CT molecular complexity index is 340. The summed E-state index contributed by atoms with van der Waals surface area (Å²) < 4.78 is 0. The zero-order chi connectivity index (χ0) is 10.9. The van der Waals surface area contributed by atoms with Crippen LogP contribution in [0.2, 0.25) is 0 Å². The molecule has 2 rings (SSSR count). The fourth-order valence-corrected chi connectivity index (χ4v) is 2.13. The number of hydrogen-bond donors (Lipinski definition) is 1. The van der Waals surface area contributed by atoms with Crippen LogP contribution in [-0.4, -0.2) is 20.6 Å². The number of nitrogens with two attached hydrogens (primary N) is 1. The third-order valence-electron chi connectivity index (χ3n) is 3.43. The SMILES string of the molecule is CN(C)c1ccccc1CC1(CN)CC1. The highest BCUT2D eigenvalue weighted by Crippen LogP contribution is 2.48. The molecule has 0 saturated heterocycles. The van der Waals surface area contributed by atoms with Crippen molar-refractivity contribution in [1.82, 2.24) is 0 Å². The summed E-state index contributed by atoms with van der Waals surface area (Å²) in [7, 11) is 4.20. The van der Waals surface area contributed by atoms with Crippen molar-refractivity contribution >= 4 is 5.69 Å². The van der Waals surface area contributed by atoms with E-state index in [-0.39, 0.29) is 0 Å². The average molecular weight is 204 g/mol. The van der Waals surface area contributed by atoms with E-state index in [2.05, 4.69) is 43.3 Å². The highest BCUT2D eigenvalue weighted by atomic mass is 15.1. The molecule has 0 aromatic heterocycles. The van der Waals surface area contributed by atoms with E-state index in [0.717, 1.165) is 13.0 Å². The van der Waals surface area contributed by atoms with Gasteiger partial charge in [0.25, 0.3) is 0 Å². The second kappa shape index (κ2) is 3.86. The molecule has 15 heavy (non-hydrogen) atoms. The molecule has 2 N–H and O–H groups in total. The normalized spacial score (nSPS) is 17.5. The fourth-order valence-electron chi connectivity index (χ4n) is 2.13. The van der Waals surface area contributed by atoms with Crippen molar-refractivity contribution in [3.05, 3.63) is 29.8 Å². The first-order valence-electron chi connectivity index (χ1n) is 5.62. The highest BCUT2D eigenvalue weighted by Gasteiger charge is 2.41. The van der Waals surface area contributed by atoms with Gasteiger partial charge in [0, 0.05) is 19.8 Å². The van der Waals surface area contributed by atoms with Gasteiger partial charge in [-0.25, -0.2) is 0 Å². The Morgan fingerprint density at radius 2 is 1.93 bits per heavy atom. The van der Waals surface area contributed by atoms with Crippen LogP contribution in [-0.2, 0) is 6.42 Å². The van der Waals surface area contributed by atoms with E-state index in [1.165, 1.54) is 24.1 Å². The average Bonchev–Trinajstić information content (AvgIpc) is 2.99. The monoisotopic (exact) mass is 204 g/mol. The Labute approximate surface area is 92.1 Å². The van der Waals surface area contributed by atoms with Gasteiger partial charge in [-0.3, -0.25) is 0 Å². The maximum Gasteiger partial charge on any atom is 0.0393 e. The minimum Gasteiger partial charge on any atom is -0.377 e. The third-order valence-corrected chi connectivity index (χ3v) is 3.43. The van der Waals surface area contributed by atoms with Crippen LogP contribution in [0.15, 0.2) is 24.3 Å². The predicted molar refractivity (Wildman–Crippen MR) is 65.2 cm³/mol. The summed E-state index contributed by atoms with van der Waals surface area (Å²) in [5, 5.41) is 0. The fraction of sp³-hybridized carbons (Fsp3) is 0.538. The quantitative estimate of drug-likeness (QED) is 0.813. The minimum atomic E-state index is 0.423. The van der Waals surface area contributed by atoms with Crippen molar-refractivity contribution in [2.24, 2.45) is 11.1 Å². The van der Waals surface area contributed by atoms with Crippen molar-refractivity contribution in [3.8, 4) is 0 Å². The first-order chi connectivity index (χ1) is 7.17. The molecule has 0 heterocycles. The summed E-state index contributed by atoms with van der Waals surface area (Å²) in [6.45, 7) is 0.828. The second-order valence-corrected chi connectivity index (χ2v) is 4.90. The lowest BCUT2D eigenvalue weighted by Crippen LogP contribution is -2.20. The molecule has 1 fully saturated rings. The van der Waals surface area contributed by atoms with Gasteiger partial charge in [0.15, 0.2) is 0 Å². The third kappa shape index (κ3) is 2.15. The molecule has 1 aromatic rings. The molecule has 2 heteroatoms. The summed E-state index contributed by atoms with van der Waals surface area (Å²) in [6, 6.07) is 8.63. The van der Waals surface area contributed by atoms with Crippen LogP contribution >= 0.6 is 0 Å². The summed E-state index contributed by atoms with van der Waals surface area (Å²) in [6.07, 6.45) is 3.73. The summed E-state index contributed by atoms with van der Waals surface area (Å²) >= 11 is 0. The van der Waals surface area contributed by atoms with Crippen LogP contribution < -0.4 is 10.6 Å². The molecule has 1 aliphatic carbocycles. The van der Waals surface area contributed by atoms with Crippen molar-refractivity contribution in [2.75, 3.05) is 25.5 Å². The standard InChI is InChI=1S/C13H20N2/c1-15(2)12-6-4-3-5-11(12)9-13(10-14)7-8-13/h3-6H,7-10,14H2,1-2H3. The Morgan fingerprint density at radius 1 is 1.27 bits per heavy atom. The lowest BCUT2D eigenvalue weighted by Gasteiger charge is -2.20. The zero-order valence-corrected chi connectivity index (χ0v) is 9.66. The maximum absolute atomic E-state index is 5.83. The van der Waals surface area contributed by atoms with E-state index in [9.17, 15) is 0 Å². The van der Waals surface area contributed by atoms with Crippen LogP contribution in [0.1, 0.15) is 18.4 Å². The number of rotatable bonds is 4. The highest BCUT2D eigenvalue weighted by molar-refractivity contribution is 5.53. The first kappa shape index (κ1) is 10.5. The van der Waals surface area contributed by atoms with Crippen LogP contribution in [0.25, 0.3) is 0 Å². The smallest absolute Gasteiger partial charge is 0.0393 e. The number of nitrogens with zero attached hydrogens (tertiary/aromatic N) is 1. The lowest BCUT2D eigenvalue weighted by atomic mass is 9.95. The number of hydrogen-bond acceptors (Lipinski definition) is 2. The van der Waals surface area contributed by atoms with Gasteiger partial charge < -0.3 is 10.6 Å². The summed E-state index contributed by atoms with van der Waals surface area (Å²) in [5.41, 5.74) is 9.02. The first-order valence-corrected chi connectivity index (χ1v) is 5.62. The topological polar surface area (TPSA) is 29.3 Å². The molecule has 0 bridgehead atoms. The minimum absolute atomic E-state index is 0.423. The summed E-state index contributed by atoms with van der Waals surface area (Å²) in [5.74, 6) is 0. The van der Waals surface area contributed by atoms with Crippen LogP contribution in [0, 0.1) is 5.41 Å². The molecule has 0 amide bonds. The molecule has 82 valence electrons. The molecule has 1 saturated carbocycles. The van der Waals surface area contributed by atoms with Gasteiger partial charge in [0.2, 0.25) is 0 Å². The van der Waals surface area contributed by atoms with Gasteiger partial charge >= 0.3 is 0 Å². The molecular weight excluding hydrogens is 184 g/mol. The van der Waals surface area contributed by atoms with Crippen LogP contribution in [0.5, 0.6) is 0 Å². The molecule has 0 unspecified atom stereocenters. The van der Waals surface area contributed by atoms with E-state index >= 15 is 0 Å². The summed E-state index contributed by atoms with van der Waals surface area (Å²) in [4.78, 5) is 2.18. The molecule has 0 radical (unpaired) electrons. The number of anilines is 1. The van der Waals surface area contributed by atoms with Gasteiger partial charge in [-0.1, -0.05) is 18.2 Å². The van der Waals surface area contributed by atoms with E-state index in [1.54, 1.807) is 0 Å². The van der Waals surface area contributed by atoms with Gasteiger partial charge in [-0.15, -0.1) is 0 Å². The van der Waals surface area contributed by atoms with Crippen molar-refractivity contribution in [1.29, 1.82) is 0 Å². The lowest BCUT2D eigenvalue weighted by molar-refractivity contribution is 0.521. The van der Waals surface area contributed by atoms with E-state index < -0.39 is 0 Å². The van der Waals surface area contributed by atoms with Crippen molar-refractivity contribution < 1.29 is 0 Å². The molecule has 0 spiro atoms. The van der Waals surface area contributed by atoms with Crippen molar-refractivity contribution in [3.63, 3.8) is 0 Å². The zero-order valence-electron chi connectivity index (χ0n) is 9.66. The molecule has 0 atom stereocenters. The Hall–Kier alpha value is -1.02. The van der Waals surface area contributed by atoms with E-state index in [0.29, 0.717) is 5.41 Å². The van der Waals surface area contributed by atoms with E-state index in [4.69, 9.17) is 5.73 Å². The van der Waals surface area contributed by atoms with Crippen molar-refractivity contribution in [2.45, 2.75) is 19.3 Å². The Morgan fingerprint density at radius 3 is 2.47 bits per heavy atom. The molecule has 2 nitrogen and oxygen atoms in total. The predicted octanol–water partition coefficient (Wildman–Crippen LogP) is 2.03. The molecule has 0 aliphatic heterocycles. The van der Waals surface area contributed by atoms with Crippen LogP contribution in [0.3, 0.4) is 0 Å². The molecular formula is C13H20N2. The number of benzene rings is 1. The van der Waals surface area contributed by atoms with Gasteiger partial charge in [-0.05, 0) is 42.9 Å². The van der Waals surface area contributed by atoms with E-state index in [1.807, 2.05) is 0 Å². The Kier molecular flexibility index (Phi) is 2.70. The van der Waals surface area contributed by atoms with Crippen LogP contribution in [0.4, 0.5) is 5.69 Å². The maximum atomic E-state index is 5.83. The number of para-hydroxylation sites is 1. The second-order valence-electron chi connectivity index (χ2n) is 4.90. The van der Waals surface area contributed by atoms with Gasteiger partial charge in [0.1, 0.15) is 0 Å². The Balaban J connectivity index is 2.20.